The van der Waals surface area contributed by atoms with Crippen LogP contribution in [0.25, 0.3) is 0 Å². The summed E-state index contributed by atoms with van der Waals surface area (Å²) in [5.41, 5.74) is 0. The third-order valence-electron chi connectivity index (χ3n) is 2.35. The number of nitrogens with one attached hydrogen (secondary N) is 2. The van der Waals surface area contributed by atoms with E-state index < -0.39 is 10.0 Å². The third-order valence-corrected chi connectivity index (χ3v) is 4.18. The number of sulfonamides is 1. The van der Waals surface area contributed by atoms with E-state index in [0.29, 0.717) is 18.5 Å². The normalized spacial score (nSPS) is 17.6. The summed E-state index contributed by atoms with van der Waals surface area (Å²) in [6, 6.07) is 0.511. The van der Waals surface area contributed by atoms with Crippen LogP contribution in [0.5, 0.6) is 0 Å². The number of rotatable bonds is 5. The van der Waals surface area contributed by atoms with Crippen molar-refractivity contribution in [2.45, 2.75) is 18.9 Å². The van der Waals surface area contributed by atoms with E-state index in [4.69, 9.17) is 0 Å². The van der Waals surface area contributed by atoms with Gasteiger partial charge in [-0.05, 0) is 12.8 Å². The predicted molar refractivity (Wildman–Crippen MR) is 65.0 cm³/mol. The smallest absolute Gasteiger partial charge is 0.215 e. The summed E-state index contributed by atoms with van der Waals surface area (Å²) >= 11 is 0. The lowest BCUT2D eigenvalue weighted by Gasteiger charge is -2.13. The molecule has 0 spiro atoms. The molecule has 1 aliphatic rings. The van der Waals surface area contributed by atoms with Crippen LogP contribution < -0.4 is 10.6 Å². The number of hydrogen-bond acceptors (Lipinski definition) is 3. The van der Waals surface area contributed by atoms with E-state index in [1.807, 2.05) is 0 Å². The Morgan fingerprint density at radius 3 is 2.50 bits per heavy atom. The molecular formula is C9H20N4O2S. The maximum atomic E-state index is 11.5. The van der Waals surface area contributed by atoms with E-state index in [9.17, 15) is 8.42 Å². The Morgan fingerprint density at radius 1 is 1.44 bits per heavy atom. The first-order valence-corrected chi connectivity index (χ1v) is 6.94. The van der Waals surface area contributed by atoms with Gasteiger partial charge < -0.3 is 10.6 Å². The first-order chi connectivity index (χ1) is 7.45. The fourth-order valence-corrected chi connectivity index (χ4v) is 1.82. The van der Waals surface area contributed by atoms with Crippen molar-refractivity contribution in [1.29, 1.82) is 0 Å². The summed E-state index contributed by atoms with van der Waals surface area (Å²) in [4.78, 5) is 4.02. The van der Waals surface area contributed by atoms with E-state index in [1.54, 1.807) is 7.05 Å². The molecular weight excluding hydrogens is 228 g/mol. The molecule has 0 aromatic carbocycles. The maximum Gasteiger partial charge on any atom is 0.215 e. The Morgan fingerprint density at radius 2 is 2.06 bits per heavy atom. The standard InChI is InChI=1S/C9H20N4O2S/c1-10-9(12-8-4-5-8)11-6-7-16(14,15)13(2)3/h8H,4-7H2,1-3H3,(H2,10,11,12). The molecule has 94 valence electrons. The van der Waals surface area contributed by atoms with Crippen LogP contribution in [0, 0.1) is 0 Å². The monoisotopic (exact) mass is 248 g/mol. The van der Waals surface area contributed by atoms with Crippen LogP contribution in [0.1, 0.15) is 12.8 Å². The fraction of sp³-hybridized carbons (Fsp3) is 0.889. The third kappa shape index (κ3) is 4.36. The summed E-state index contributed by atoms with van der Waals surface area (Å²) in [5.74, 6) is 0.752. The second kappa shape index (κ2) is 5.49. The predicted octanol–water partition coefficient (Wildman–Crippen LogP) is -0.795. The maximum absolute atomic E-state index is 11.5. The Balaban J connectivity index is 2.28. The molecule has 0 aromatic heterocycles. The molecule has 0 radical (unpaired) electrons. The minimum atomic E-state index is -3.13. The van der Waals surface area contributed by atoms with Crippen LogP contribution in [0.2, 0.25) is 0 Å². The summed E-state index contributed by atoms with van der Waals surface area (Å²) in [7, 11) is 1.62. The van der Waals surface area contributed by atoms with Gasteiger partial charge in [-0.3, -0.25) is 4.99 Å². The average molecular weight is 248 g/mol. The summed E-state index contributed by atoms with van der Waals surface area (Å²) in [6.45, 7) is 0.368. The molecule has 0 amide bonds. The molecule has 1 fully saturated rings. The lowest BCUT2D eigenvalue weighted by Crippen LogP contribution is -2.41. The highest BCUT2D eigenvalue weighted by Crippen LogP contribution is 2.18. The number of nitrogens with zero attached hydrogens (tertiary/aromatic N) is 2. The molecule has 6 nitrogen and oxygen atoms in total. The number of hydrogen-bond donors (Lipinski definition) is 2. The van der Waals surface area contributed by atoms with Crippen molar-refractivity contribution >= 4 is 16.0 Å². The molecule has 0 aliphatic heterocycles. The van der Waals surface area contributed by atoms with Crippen molar-refractivity contribution in [2.75, 3.05) is 33.4 Å². The first kappa shape index (κ1) is 13.2. The van der Waals surface area contributed by atoms with Gasteiger partial charge >= 0.3 is 0 Å². The lowest BCUT2D eigenvalue weighted by atomic mass is 10.6. The Bertz CT molecular complexity index is 347. The van der Waals surface area contributed by atoms with Crippen molar-refractivity contribution in [3.63, 3.8) is 0 Å². The van der Waals surface area contributed by atoms with Crippen LogP contribution >= 0.6 is 0 Å². The van der Waals surface area contributed by atoms with Gasteiger partial charge in [0.2, 0.25) is 10.0 Å². The number of aliphatic imine (C=N–C) groups is 1. The highest BCUT2D eigenvalue weighted by atomic mass is 32.2. The van der Waals surface area contributed by atoms with Gasteiger partial charge in [-0.15, -0.1) is 0 Å². The van der Waals surface area contributed by atoms with Crippen LogP contribution in [0.15, 0.2) is 4.99 Å². The lowest BCUT2D eigenvalue weighted by molar-refractivity contribution is 0.519. The second-order valence-electron chi connectivity index (χ2n) is 4.02. The van der Waals surface area contributed by atoms with Crippen LogP contribution in [-0.4, -0.2) is 58.2 Å². The van der Waals surface area contributed by atoms with E-state index in [0.717, 1.165) is 12.8 Å². The van der Waals surface area contributed by atoms with Crippen molar-refractivity contribution in [3.8, 4) is 0 Å². The second-order valence-corrected chi connectivity index (χ2v) is 6.32. The van der Waals surface area contributed by atoms with Gasteiger partial charge in [-0.2, -0.15) is 0 Å². The van der Waals surface area contributed by atoms with Gasteiger partial charge in [0.25, 0.3) is 0 Å². The van der Waals surface area contributed by atoms with E-state index in [2.05, 4.69) is 15.6 Å². The topological polar surface area (TPSA) is 73.8 Å². The molecule has 0 heterocycles. The molecule has 1 rings (SSSR count). The molecule has 7 heteroatoms. The summed E-state index contributed by atoms with van der Waals surface area (Å²) in [6.07, 6.45) is 2.33. The van der Waals surface area contributed by atoms with Crippen LogP contribution in [-0.2, 0) is 10.0 Å². The highest BCUT2D eigenvalue weighted by molar-refractivity contribution is 7.89. The zero-order valence-electron chi connectivity index (χ0n) is 10.0. The molecule has 1 saturated carbocycles. The van der Waals surface area contributed by atoms with Gasteiger partial charge in [0.15, 0.2) is 5.96 Å². The Labute approximate surface area is 97.2 Å². The van der Waals surface area contributed by atoms with E-state index in [-0.39, 0.29) is 5.75 Å². The SMILES string of the molecule is CN=C(NCCS(=O)(=O)N(C)C)NC1CC1. The molecule has 0 bridgehead atoms. The Hall–Kier alpha value is -0.820. The molecule has 0 unspecified atom stereocenters. The first-order valence-electron chi connectivity index (χ1n) is 5.33. The fourth-order valence-electron chi connectivity index (χ4n) is 1.10. The van der Waals surface area contributed by atoms with Crippen molar-refractivity contribution in [1.82, 2.24) is 14.9 Å². The minimum Gasteiger partial charge on any atom is -0.355 e. The van der Waals surface area contributed by atoms with Crippen LogP contribution in [0.4, 0.5) is 0 Å². The van der Waals surface area contributed by atoms with Gasteiger partial charge in [0.1, 0.15) is 0 Å². The van der Waals surface area contributed by atoms with Crippen molar-refractivity contribution in [2.24, 2.45) is 4.99 Å². The molecule has 1 aliphatic carbocycles. The van der Waals surface area contributed by atoms with Gasteiger partial charge in [-0.1, -0.05) is 0 Å². The van der Waals surface area contributed by atoms with Crippen molar-refractivity contribution in [3.05, 3.63) is 0 Å². The zero-order valence-corrected chi connectivity index (χ0v) is 10.8. The van der Waals surface area contributed by atoms with Gasteiger partial charge in [0, 0.05) is 33.7 Å². The molecule has 2 N–H and O–H groups in total. The van der Waals surface area contributed by atoms with Crippen LogP contribution in [0.3, 0.4) is 0 Å². The van der Waals surface area contributed by atoms with Gasteiger partial charge in [0.05, 0.1) is 5.75 Å². The quantitative estimate of drug-likeness (QED) is 0.494. The number of guanidine groups is 1. The molecule has 0 atom stereocenters. The summed E-state index contributed by atoms with van der Waals surface area (Å²) < 4.78 is 24.1. The zero-order chi connectivity index (χ0) is 12.2. The molecule has 16 heavy (non-hydrogen) atoms. The Kier molecular flexibility index (Phi) is 4.55. The molecule has 0 saturated heterocycles. The van der Waals surface area contributed by atoms with E-state index in [1.165, 1.54) is 18.4 Å². The van der Waals surface area contributed by atoms with Crippen molar-refractivity contribution < 1.29 is 8.42 Å². The molecule has 0 aromatic rings. The highest BCUT2D eigenvalue weighted by Gasteiger charge is 2.22. The average Bonchev–Trinajstić information content (AvgIpc) is 2.99. The van der Waals surface area contributed by atoms with E-state index >= 15 is 0 Å². The largest absolute Gasteiger partial charge is 0.355 e. The minimum absolute atomic E-state index is 0.0748. The summed E-state index contributed by atoms with van der Waals surface area (Å²) in [5, 5.41) is 6.17. The van der Waals surface area contributed by atoms with Gasteiger partial charge in [-0.25, -0.2) is 12.7 Å².